The molecule has 0 heterocycles. The molecule has 0 aliphatic heterocycles. The molecule has 18 heavy (non-hydrogen) atoms. The third-order valence-corrected chi connectivity index (χ3v) is 2.95. The SMILES string of the molecule is Cc1cc(C)cc(NCc2cccc(CN)c2)c1. The van der Waals surface area contributed by atoms with Crippen LogP contribution in [0.4, 0.5) is 5.69 Å². The molecule has 0 saturated carbocycles. The highest BCUT2D eigenvalue weighted by molar-refractivity contribution is 5.48. The van der Waals surface area contributed by atoms with Gasteiger partial charge in [-0.25, -0.2) is 0 Å². The minimum atomic E-state index is 0.595. The molecular formula is C16H20N2. The Balaban J connectivity index is 2.06. The van der Waals surface area contributed by atoms with E-state index >= 15 is 0 Å². The van der Waals surface area contributed by atoms with Crippen LogP contribution < -0.4 is 11.1 Å². The van der Waals surface area contributed by atoms with Gasteiger partial charge in [-0.05, 0) is 48.2 Å². The molecule has 3 N–H and O–H groups in total. The molecule has 94 valence electrons. The monoisotopic (exact) mass is 240 g/mol. The Morgan fingerprint density at radius 1 is 0.944 bits per heavy atom. The second kappa shape index (κ2) is 5.69. The normalized spacial score (nSPS) is 10.4. The lowest BCUT2D eigenvalue weighted by atomic mass is 10.1. The minimum Gasteiger partial charge on any atom is -0.381 e. The van der Waals surface area contributed by atoms with Crippen molar-refractivity contribution >= 4 is 5.69 Å². The van der Waals surface area contributed by atoms with Crippen molar-refractivity contribution in [1.82, 2.24) is 0 Å². The predicted molar refractivity (Wildman–Crippen MR) is 77.6 cm³/mol. The third-order valence-electron chi connectivity index (χ3n) is 2.95. The average molecular weight is 240 g/mol. The molecule has 0 radical (unpaired) electrons. The molecule has 2 aromatic carbocycles. The maximum atomic E-state index is 5.65. The second-order valence-corrected chi connectivity index (χ2v) is 4.75. The zero-order valence-electron chi connectivity index (χ0n) is 11.0. The van der Waals surface area contributed by atoms with Gasteiger partial charge < -0.3 is 11.1 Å². The first-order valence-electron chi connectivity index (χ1n) is 6.27. The Labute approximate surface area is 109 Å². The van der Waals surface area contributed by atoms with E-state index in [0.717, 1.165) is 6.54 Å². The first-order valence-corrected chi connectivity index (χ1v) is 6.27. The Bertz CT molecular complexity index is 512. The molecule has 0 unspecified atom stereocenters. The van der Waals surface area contributed by atoms with Gasteiger partial charge in [0.2, 0.25) is 0 Å². The zero-order chi connectivity index (χ0) is 13.0. The zero-order valence-corrected chi connectivity index (χ0v) is 11.0. The number of rotatable bonds is 4. The number of benzene rings is 2. The van der Waals surface area contributed by atoms with Gasteiger partial charge in [-0.1, -0.05) is 30.3 Å². The highest BCUT2D eigenvalue weighted by Gasteiger charge is 1.97. The standard InChI is InChI=1S/C16H20N2/c1-12-6-13(2)8-16(7-12)18-11-15-5-3-4-14(9-15)10-17/h3-9,18H,10-11,17H2,1-2H3. The van der Waals surface area contributed by atoms with Gasteiger partial charge in [0, 0.05) is 18.8 Å². The van der Waals surface area contributed by atoms with E-state index < -0.39 is 0 Å². The first kappa shape index (κ1) is 12.7. The molecule has 2 nitrogen and oxygen atoms in total. The van der Waals surface area contributed by atoms with Gasteiger partial charge in [0.25, 0.3) is 0 Å². The van der Waals surface area contributed by atoms with Gasteiger partial charge in [-0.15, -0.1) is 0 Å². The number of hydrogen-bond acceptors (Lipinski definition) is 2. The molecule has 0 bridgehead atoms. The van der Waals surface area contributed by atoms with Crippen molar-refractivity contribution in [2.24, 2.45) is 5.73 Å². The van der Waals surface area contributed by atoms with Crippen molar-refractivity contribution in [2.75, 3.05) is 5.32 Å². The Morgan fingerprint density at radius 3 is 2.28 bits per heavy atom. The lowest BCUT2D eigenvalue weighted by Gasteiger charge is -2.09. The van der Waals surface area contributed by atoms with Crippen LogP contribution in [0.1, 0.15) is 22.3 Å². The molecule has 0 amide bonds. The van der Waals surface area contributed by atoms with Crippen LogP contribution in [0.3, 0.4) is 0 Å². The summed E-state index contributed by atoms with van der Waals surface area (Å²) in [5, 5.41) is 3.45. The fourth-order valence-electron chi connectivity index (χ4n) is 2.15. The van der Waals surface area contributed by atoms with E-state index in [1.165, 1.54) is 27.9 Å². The van der Waals surface area contributed by atoms with Crippen LogP contribution in [0.2, 0.25) is 0 Å². The summed E-state index contributed by atoms with van der Waals surface area (Å²) in [7, 11) is 0. The van der Waals surface area contributed by atoms with Gasteiger partial charge in [-0.3, -0.25) is 0 Å². The fraction of sp³-hybridized carbons (Fsp3) is 0.250. The minimum absolute atomic E-state index is 0.595. The predicted octanol–water partition coefficient (Wildman–Crippen LogP) is 3.37. The Hall–Kier alpha value is -1.80. The number of nitrogens with one attached hydrogen (secondary N) is 1. The van der Waals surface area contributed by atoms with Crippen molar-refractivity contribution in [3.8, 4) is 0 Å². The van der Waals surface area contributed by atoms with Gasteiger partial charge in [-0.2, -0.15) is 0 Å². The number of hydrogen-bond donors (Lipinski definition) is 2. The highest BCUT2D eigenvalue weighted by atomic mass is 14.9. The van der Waals surface area contributed by atoms with Gasteiger partial charge in [0.05, 0.1) is 0 Å². The van der Waals surface area contributed by atoms with Gasteiger partial charge >= 0.3 is 0 Å². The van der Waals surface area contributed by atoms with Crippen LogP contribution in [0.5, 0.6) is 0 Å². The van der Waals surface area contributed by atoms with Crippen LogP contribution in [0.15, 0.2) is 42.5 Å². The third kappa shape index (κ3) is 3.34. The van der Waals surface area contributed by atoms with Crippen LogP contribution in [-0.2, 0) is 13.1 Å². The Morgan fingerprint density at radius 2 is 1.61 bits per heavy atom. The summed E-state index contributed by atoms with van der Waals surface area (Å²) in [4.78, 5) is 0. The number of aryl methyl sites for hydroxylation is 2. The van der Waals surface area contributed by atoms with Crippen molar-refractivity contribution in [2.45, 2.75) is 26.9 Å². The van der Waals surface area contributed by atoms with Crippen LogP contribution in [-0.4, -0.2) is 0 Å². The van der Waals surface area contributed by atoms with E-state index in [1.54, 1.807) is 0 Å². The largest absolute Gasteiger partial charge is 0.381 e. The molecule has 2 aromatic rings. The Kier molecular flexibility index (Phi) is 4.00. The molecule has 0 aliphatic rings. The topological polar surface area (TPSA) is 38.0 Å². The summed E-state index contributed by atoms with van der Waals surface area (Å²) in [6.07, 6.45) is 0. The summed E-state index contributed by atoms with van der Waals surface area (Å²) in [5.74, 6) is 0. The van der Waals surface area contributed by atoms with Crippen molar-refractivity contribution in [3.63, 3.8) is 0 Å². The van der Waals surface area contributed by atoms with Crippen LogP contribution in [0, 0.1) is 13.8 Å². The molecule has 0 aromatic heterocycles. The summed E-state index contributed by atoms with van der Waals surface area (Å²) in [5.41, 5.74) is 11.8. The maximum Gasteiger partial charge on any atom is 0.0400 e. The van der Waals surface area contributed by atoms with Crippen LogP contribution >= 0.6 is 0 Å². The van der Waals surface area contributed by atoms with Crippen LogP contribution in [0.25, 0.3) is 0 Å². The lowest BCUT2D eigenvalue weighted by Crippen LogP contribution is -2.02. The number of nitrogens with two attached hydrogens (primary N) is 1. The van der Waals surface area contributed by atoms with E-state index in [1.807, 2.05) is 0 Å². The lowest BCUT2D eigenvalue weighted by molar-refractivity contribution is 1.05. The molecular weight excluding hydrogens is 220 g/mol. The quantitative estimate of drug-likeness (QED) is 0.860. The molecule has 0 atom stereocenters. The smallest absolute Gasteiger partial charge is 0.0400 e. The molecule has 2 heteroatoms. The molecule has 2 rings (SSSR count). The van der Waals surface area contributed by atoms with E-state index in [2.05, 4.69) is 61.6 Å². The highest BCUT2D eigenvalue weighted by Crippen LogP contribution is 2.15. The van der Waals surface area contributed by atoms with E-state index in [0.29, 0.717) is 6.54 Å². The number of anilines is 1. The van der Waals surface area contributed by atoms with Gasteiger partial charge in [0.15, 0.2) is 0 Å². The summed E-state index contributed by atoms with van der Waals surface area (Å²) in [6, 6.07) is 14.9. The molecule has 0 spiro atoms. The average Bonchev–Trinajstić information content (AvgIpc) is 2.35. The summed E-state index contributed by atoms with van der Waals surface area (Å²) in [6.45, 7) is 5.66. The van der Waals surface area contributed by atoms with Crippen molar-refractivity contribution in [3.05, 3.63) is 64.7 Å². The second-order valence-electron chi connectivity index (χ2n) is 4.75. The van der Waals surface area contributed by atoms with E-state index in [4.69, 9.17) is 5.73 Å². The maximum absolute atomic E-state index is 5.65. The fourth-order valence-corrected chi connectivity index (χ4v) is 2.15. The molecule has 0 fully saturated rings. The van der Waals surface area contributed by atoms with E-state index in [-0.39, 0.29) is 0 Å². The van der Waals surface area contributed by atoms with Crippen molar-refractivity contribution in [1.29, 1.82) is 0 Å². The van der Waals surface area contributed by atoms with Crippen molar-refractivity contribution < 1.29 is 0 Å². The first-order chi connectivity index (χ1) is 8.67. The summed E-state index contributed by atoms with van der Waals surface area (Å²) >= 11 is 0. The molecule has 0 saturated heterocycles. The van der Waals surface area contributed by atoms with Gasteiger partial charge in [0.1, 0.15) is 0 Å². The van der Waals surface area contributed by atoms with E-state index in [9.17, 15) is 0 Å². The molecule has 0 aliphatic carbocycles. The summed E-state index contributed by atoms with van der Waals surface area (Å²) < 4.78 is 0.